The molecule has 0 saturated carbocycles. The van der Waals surface area contributed by atoms with E-state index in [1.165, 1.54) is 4.68 Å². The van der Waals surface area contributed by atoms with E-state index in [-0.39, 0.29) is 6.54 Å². The van der Waals surface area contributed by atoms with E-state index < -0.39 is 17.5 Å². The van der Waals surface area contributed by atoms with Crippen molar-refractivity contribution >= 4 is 11.9 Å². The van der Waals surface area contributed by atoms with Gasteiger partial charge in [0.2, 0.25) is 0 Å². The minimum absolute atomic E-state index is 0.0832. The Morgan fingerprint density at radius 3 is 2.68 bits per heavy atom. The van der Waals surface area contributed by atoms with Crippen LogP contribution in [-0.2, 0) is 16.9 Å². The molecule has 1 atom stereocenters. The molecule has 9 nitrogen and oxygen atoms in total. The van der Waals surface area contributed by atoms with Crippen LogP contribution in [0.2, 0.25) is 0 Å². The molecule has 0 spiro atoms. The molecule has 1 N–H and O–H groups in total. The average Bonchev–Trinajstić information content (AvgIpc) is 3.28. The maximum atomic E-state index is 13.1. The second-order valence-electron chi connectivity index (χ2n) is 6.48. The number of amides is 3. The lowest BCUT2D eigenvalue weighted by Crippen LogP contribution is -2.41. The number of aromatic nitrogens is 4. The van der Waals surface area contributed by atoms with Gasteiger partial charge in [0, 0.05) is 0 Å². The third-order valence-corrected chi connectivity index (χ3v) is 4.68. The molecule has 2 aromatic carbocycles. The summed E-state index contributed by atoms with van der Waals surface area (Å²) in [6, 6.07) is 17.3. The highest BCUT2D eigenvalue weighted by molar-refractivity contribution is 6.07. The molecule has 9 heteroatoms. The monoisotopic (exact) mass is 373 g/mol. The van der Waals surface area contributed by atoms with Gasteiger partial charge in [0.05, 0.1) is 23.9 Å². The van der Waals surface area contributed by atoms with Crippen molar-refractivity contribution < 1.29 is 9.59 Å². The number of hydrogen-bond acceptors (Lipinski definition) is 6. The van der Waals surface area contributed by atoms with Crippen LogP contribution in [0.4, 0.5) is 4.79 Å². The van der Waals surface area contributed by atoms with Crippen molar-refractivity contribution in [2.24, 2.45) is 0 Å². The van der Waals surface area contributed by atoms with Gasteiger partial charge in [-0.25, -0.2) is 4.79 Å². The highest BCUT2D eigenvalue weighted by Crippen LogP contribution is 2.30. The first-order valence-corrected chi connectivity index (χ1v) is 8.50. The molecule has 1 aliphatic rings. The van der Waals surface area contributed by atoms with Gasteiger partial charge in [-0.3, -0.25) is 9.69 Å². The zero-order chi connectivity index (χ0) is 19.7. The van der Waals surface area contributed by atoms with Crippen molar-refractivity contribution in [1.29, 1.82) is 5.26 Å². The Morgan fingerprint density at radius 1 is 1.14 bits per heavy atom. The Kier molecular flexibility index (Phi) is 4.08. The summed E-state index contributed by atoms with van der Waals surface area (Å²) in [6.45, 7) is 1.53. The summed E-state index contributed by atoms with van der Waals surface area (Å²) in [7, 11) is 0. The average molecular weight is 373 g/mol. The van der Waals surface area contributed by atoms with Crippen molar-refractivity contribution in [3.8, 4) is 11.8 Å². The Balaban J connectivity index is 1.64. The van der Waals surface area contributed by atoms with E-state index in [1.807, 2.05) is 36.4 Å². The van der Waals surface area contributed by atoms with Gasteiger partial charge in [-0.1, -0.05) is 30.3 Å². The summed E-state index contributed by atoms with van der Waals surface area (Å²) in [6.07, 6.45) is 0. The summed E-state index contributed by atoms with van der Waals surface area (Å²) in [5.41, 5.74) is 0.399. The van der Waals surface area contributed by atoms with Crippen LogP contribution in [0.3, 0.4) is 0 Å². The maximum Gasteiger partial charge on any atom is 0.325 e. The molecule has 28 heavy (non-hydrogen) atoms. The molecule has 1 fully saturated rings. The number of benzene rings is 2. The maximum absolute atomic E-state index is 13.1. The minimum atomic E-state index is -1.27. The lowest BCUT2D eigenvalue weighted by atomic mass is 9.91. The van der Waals surface area contributed by atoms with E-state index in [0.29, 0.717) is 17.0 Å². The zero-order valence-electron chi connectivity index (χ0n) is 14.9. The number of imide groups is 1. The SMILES string of the molecule is C[C@]1(c2cccc(C#N)c2)NC(=O)N(Cc2nnnn2-c2ccccc2)C1=O. The fourth-order valence-electron chi connectivity index (χ4n) is 3.15. The molecule has 0 radical (unpaired) electrons. The quantitative estimate of drug-likeness (QED) is 0.693. The predicted octanol–water partition coefficient (Wildman–Crippen LogP) is 1.50. The fourth-order valence-corrected chi connectivity index (χ4v) is 3.15. The molecular weight excluding hydrogens is 358 g/mol. The van der Waals surface area contributed by atoms with Crippen LogP contribution in [0.15, 0.2) is 54.6 Å². The first-order chi connectivity index (χ1) is 13.5. The van der Waals surface area contributed by atoms with Gasteiger partial charge in [0.25, 0.3) is 5.91 Å². The highest BCUT2D eigenvalue weighted by atomic mass is 16.2. The number of urea groups is 1. The smallest absolute Gasteiger partial charge is 0.319 e. The Morgan fingerprint density at radius 2 is 1.93 bits per heavy atom. The van der Waals surface area contributed by atoms with Gasteiger partial charge in [0.1, 0.15) is 5.54 Å². The predicted molar refractivity (Wildman–Crippen MR) is 96.7 cm³/mol. The Labute approximate surface area is 160 Å². The molecular formula is C19H15N7O2. The molecule has 4 rings (SSSR count). The molecule has 1 saturated heterocycles. The highest BCUT2D eigenvalue weighted by Gasteiger charge is 2.49. The number of rotatable bonds is 4. The first kappa shape index (κ1) is 17.4. The summed E-state index contributed by atoms with van der Waals surface area (Å²) < 4.78 is 1.48. The van der Waals surface area contributed by atoms with E-state index >= 15 is 0 Å². The van der Waals surface area contributed by atoms with Crippen LogP contribution in [-0.4, -0.2) is 37.0 Å². The lowest BCUT2D eigenvalue weighted by molar-refractivity contribution is -0.131. The van der Waals surface area contributed by atoms with Crippen LogP contribution in [0.25, 0.3) is 5.69 Å². The molecule has 0 bridgehead atoms. The fraction of sp³-hybridized carbons (Fsp3) is 0.158. The van der Waals surface area contributed by atoms with Crippen LogP contribution in [0, 0.1) is 11.3 Å². The summed E-state index contributed by atoms with van der Waals surface area (Å²) in [5, 5.41) is 23.4. The summed E-state index contributed by atoms with van der Waals surface area (Å²) in [4.78, 5) is 26.7. The van der Waals surface area contributed by atoms with Crippen molar-refractivity contribution in [2.45, 2.75) is 19.0 Å². The van der Waals surface area contributed by atoms with Crippen molar-refractivity contribution in [2.75, 3.05) is 0 Å². The van der Waals surface area contributed by atoms with Crippen LogP contribution < -0.4 is 5.32 Å². The number of nitriles is 1. The number of hydrogen-bond donors (Lipinski definition) is 1. The number of carbonyl (C=O) groups is 2. The Hall–Kier alpha value is -4.06. The molecule has 1 aliphatic heterocycles. The normalized spacial score (nSPS) is 18.8. The number of tetrazole rings is 1. The zero-order valence-corrected chi connectivity index (χ0v) is 14.9. The van der Waals surface area contributed by atoms with E-state index in [1.54, 1.807) is 31.2 Å². The molecule has 3 amide bonds. The van der Waals surface area contributed by atoms with Gasteiger partial charge in [-0.2, -0.15) is 9.94 Å². The van der Waals surface area contributed by atoms with E-state index in [2.05, 4.69) is 20.8 Å². The molecule has 3 aromatic rings. The number of carbonyl (C=O) groups excluding carboxylic acids is 2. The lowest BCUT2D eigenvalue weighted by Gasteiger charge is -2.22. The molecule has 0 unspecified atom stereocenters. The molecule has 138 valence electrons. The number of para-hydroxylation sites is 1. The summed E-state index contributed by atoms with van der Waals surface area (Å²) in [5.74, 6) is -0.0834. The van der Waals surface area contributed by atoms with Crippen LogP contribution in [0.5, 0.6) is 0 Å². The topological polar surface area (TPSA) is 117 Å². The third kappa shape index (κ3) is 2.77. The van der Waals surface area contributed by atoms with Gasteiger partial charge >= 0.3 is 6.03 Å². The molecule has 0 aliphatic carbocycles. The van der Waals surface area contributed by atoms with Gasteiger partial charge in [-0.05, 0) is 47.2 Å². The standard InChI is InChI=1S/C19H15N7O2/c1-19(14-7-5-6-13(10-14)11-20)17(27)25(18(28)21-19)12-16-22-23-24-26(16)15-8-3-2-4-9-15/h2-10H,12H2,1H3,(H,21,28)/t19-/m1/s1. The second kappa shape index (κ2) is 6.59. The van der Waals surface area contributed by atoms with Crippen molar-refractivity contribution in [1.82, 2.24) is 30.4 Å². The molecule has 2 heterocycles. The second-order valence-corrected chi connectivity index (χ2v) is 6.48. The number of nitrogens with one attached hydrogen (secondary N) is 1. The van der Waals surface area contributed by atoms with E-state index in [4.69, 9.17) is 5.26 Å². The Bertz CT molecular complexity index is 1100. The van der Waals surface area contributed by atoms with E-state index in [0.717, 1.165) is 10.6 Å². The largest absolute Gasteiger partial charge is 0.325 e. The minimum Gasteiger partial charge on any atom is -0.319 e. The van der Waals surface area contributed by atoms with Crippen molar-refractivity contribution in [3.63, 3.8) is 0 Å². The molecule has 1 aromatic heterocycles. The van der Waals surface area contributed by atoms with Gasteiger partial charge in [-0.15, -0.1) is 5.10 Å². The van der Waals surface area contributed by atoms with Gasteiger partial charge < -0.3 is 5.32 Å². The first-order valence-electron chi connectivity index (χ1n) is 8.50. The van der Waals surface area contributed by atoms with Crippen LogP contribution in [0.1, 0.15) is 23.9 Å². The van der Waals surface area contributed by atoms with Gasteiger partial charge in [0.15, 0.2) is 5.82 Å². The third-order valence-electron chi connectivity index (χ3n) is 4.68. The number of nitrogens with zero attached hydrogens (tertiary/aromatic N) is 6. The van der Waals surface area contributed by atoms with E-state index in [9.17, 15) is 9.59 Å². The van der Waals surface area contributed by atoms with Crippen LogP contribution >= 0.6 is 0 Å². The summed E-state index contributed by atoms with van der Waals surface area (Å²) >= 11 is 0. The van der Waals surface area contributed by atoms with Crippen molar-refractivity contribution in [3.05, 3.63) is 71.5 Å².